The molecule has 2 fully saturated rings. The van der Waals surface area contributed by atoms with E-state index in [9.17, 15) is 13.5 Å². The molecule has 2 aliphatic heterocycles. The highest BCUT2D eigenvalue weighted by atomic mass is 32.2. The number of benzene rings is 1. The lowest BCUT2D eigenvalue weighted by Gasteiger charge is -2.44. The van der Waals surface area contributed by atoms with E-state index in [-0.39, 0.29) is 10.5 Å². The number of rotatable bonds is 2. The predicted molar refractivity (Wildman–Crippen MR) is 79.3 cm³/mol. The van der Waals surface area contributed by atoms with Crippen LogP contribution < -0.4 is 0 Å². The van der Waals surface area contributed by atoms with E-state index in [1.807, 2.05) is 24.3 Å². The molecule has 0 radical (unpaired) electrons. The zero-order valence-electron chi connectivity index (χ0n) is 11.9. The van der Waals surface area contributed by atoms with Crippen molar-refractivity contribution in [2.75, 3.05) is 0 Å². The van der Waals surface area contributed by atoms with Crippen molar-refractivity contribution in [3.63, 3.8) is 0 Å². The molecule has 2 heterocycles. The highest BCUT2D eigenvalue weighted by molar-refractivity contribution is 7.92. The van der Waals surface area contributed by atoms with Crippen molar-refractivity contribution in [2.24, 2.45) is 0 Å². The Morgan fingerprint density at radius 2 is 1.90 bits per heavy atom. The third-order valence-corrected chi connectivity index (χ3v) is 7.65. The van der Waals surface area contributed by atoms with Crippen molar-refractivity contribution < 1.29 is 13.5 Å². The number of hydrogen-bond donors (Lipinski definition) is 1. The van der Waals surface area contributed by atoms with Gasteiger partial charge in [0.15, 0.2) is 9.84 Å². The monoisotopic (exact) mass is 294 g/mol. The van der Waals surface area contributed by atoms with Crippen LogP contribution in [-0.4, -0.2) is 24.0 Å². The van der Waals surface area contributed by atoms with Gasteiger partial charge in [0.25, 0.3) is 0 Å². The Hall–Kier alpha value is -0.870. The maximum Gasteiger partial charge on any atom is 0.156 e. The van der Waals surface area contributed by atoms with Crippen LogP contribution in [0.4, 0.5) is 0 Å². The van der Waals surface area contributed by atoms with E-state index in [4.69, 9.17) is 0 Å². The van der Waals surface area contributed by atoms with Crippen LogP contribution in [0.15, 0.2) is 24.3 Å². The van der Waals surface area contributed by atoms with Crippen molar-refractivity contribution in [1.29, 1.82) is 0 Å². The van der Waals surface area contributed by atoms with Crippen LogP contribution in [0.1, 0.15) is 50.2 Å². The highest BCUT2D eigenvalue weighted by Crippen LogP contribution is 2.46. The van der Waals surface area contributed by atoms with Gasteiger partial charge in [-0.2, -0.15) is 0 Å². The van der Waals surface area contributed by atoms with E-state index in [1.54, 1.807) is 0 Å². The van der Waals surface area contributed by atoms with Crippen molar-refractivity contribution >= 4 is 9.84 Å². The maximum atomic E-state index is 12.3. The molecule has 3 nitrogen and oxygen atoms in total. The van der Waals surface area contributed by atoms with Gasteiger partial charge in [-0.05, 0) is 43.2 Å². The summed E-state index contributed by atoms with van der Waals surface area (Å²) in [6.07, 6.45) is 4.02. The third kappa shape index (κ3) is 2.19. The third-order valence-electron chi connectivity index (χ3n) is 4.98. The van der Waals surface area contributed by atoms with Crippen LogP contribution in [-0.2, 0) is 21.9 Å². The van der Waals surface area contributed by atoms with Gasteiger partial charge in [0.2, 0.25) is 0 Å². The molecule has 1 aromatic rings. The Kier molecular flexibility index (Phi) is 3.41. The largest absolute Gasteiger partial charge is 0.385 e. The molecule has 1 aromatic carbocycles. The van der Waals surface area contributed by atoms with Crippen molar-refractivity contribution in [2.45, 2.75) is 61.5 Å². The SMILES string of the molecule is CCc1cccc(C2(O)CC3CCCC(C2)S3(=O)=O)c1. The van der Waals surface area contributed by atoms with Crippen LogP contribution in [0.25, 0.3) is 0 Å². The average Bonchev–Trinajstić information content (AvgIpc) is 2.41. The molecule has 2 saturated heterocycles. The summed E-state index contributed by atoms with van der Waals surface area (Å²) < 4.78 is 24.7. The second-order valence-corrected chi connectivity index (χ2v) is 8.77. The van der Waals surface area contributed by atoms with Gasteiger partial charge in [-0.1, -0.05) is 37.6 Å². The van der Waals surface area contributed by atoms with Crippen LogP contribution in [0, 0.1) is 0 Å². The first-order chi connectivity index (χ1) is 9.45. The second kappa shape index (κ2) is 4.85. The Balaban J connectivity index is 1.97. The summed E-state index contributed by atoms with van der Waals surface area (Å²) in [5, 5.41) is 10.3. The molecule has 0 aromatic heterocycles. The van der Waals surface area contributed by atoms with Crippen LogP contribution in [0.3, 0.4) is 0 Å². The van der Waals surface area contributed by atoms with Crippen molar-refractivity contribution in [3.8, 4) is 0 Å². The van der Waals surface area contributed by atoms with E-state index in [1.165, 1.54) is 5.56 Å². The Labute approximate surface area is 120 Å². The summed E-state index contributed by atoms with van der Waals surface area (Å²) in [5.41, 5.74) is 1.12. The van der Waals surface area contributed by atoms with E-state index in [0.717, 1.165) is 18.4 Å². The van der Waals surface area contributed by atoms with Crippen molar-refractivity contribution in [1.82, 2.24) is 0 Å². The van der Waals surface area contributed by atoms with E-state index < -0.39 is 15.4 Å². The molecule has 0 amide bonds. The number of aliphatic hydroxyl groups is 1. The van der Waals surface area contributed by atoms with Crippen LogP contribution in [0.2, 0.25) is 0 Å². The molecule has 4 heteroatoms. The van der Waals surface area contributed by atoms with E-state index in [2.05, 4.69) is 6.92 Å². The lowest BCUT2D eigenvalue weighted by molar-refractivity contribution is 0.00495. The first-order valence-corrected chi connectivity index (χ1v) is 9.11. The summed E-state index contributed by atoms with van der Waals surface area (Å²) in [7, 11) is -3.02. The first-order valence-electron chi connectivity index (χ1n) is 7.50. The number of sulfone groups is 1. The van der Waals surface area contributed by atoms with Crippen molar-refractivity contribution in [3.05, 3.63) is 35.4 Å². The van der Waals surface area contributed by atoms with Gasteiger partial charge in [-0.25, -0.2) is 8.42 Å². The molecule has 2 bridgehead atoms. The predicted octanol–water partition coefficient (Wildman–Crippen LogP) is 2.57. The fourth-order valence-corrected chi connectivity index (χ4v) is 6.31. The number of aryl methyl sites for hydroxylation is 1. The fraction of sp³-hybridized carbons (Fsp3) is 0.625. The van der Waals surface area contributed by atoms with Gasteiger partial charge >= 0.3 is 0 Å². The molecule has 0 saturated carbocycles. The molecule has 2 unspecified atom stereocenters. The molecule has 110 valence electrons. The standard InChI is InChI=1S/C16H22O3S/c1-2-12-5-3-6-13(9-12)16(17)10-14-7-4-8-15(11-16)20(14,18)19/h3,5-6,9,14-15,17H,2,4,7-8,10-11H2,1H3. The smallest absolute Gasteiger partial charge is 0.156 e. The Morgan fingerprint density at radius 3 is 2.50 bits per heavy atom. The molecule has 1 N–H and O–H groups in total. The van der Waals surface area contributed by atoms with Gasteiger partial charge in [0.1, 0.15) is 0 Å². The summed E-state index contributed by atoms with van der Waals surface area (Å²) in [6, 6.07) is 7.98. The lowest BCUT2D eigenvalue weighted by Crippen LogP contribution is -2.50. The van der Waals surface area contributed by atoms with Gasteiger partial charge in [-0.15, -0.1) is 0 Å². The Bertz CT molecular complexity index is 586. The molecular weight excluding hydrogens is 272 g/mol. The summed E-state index contributed by atoms with van der Waals surface area (Å²) in [4.78, 5) is 0. The zero-order valence-corrected chi connectivity index (χ0v) is 12.7. The van der Waals surface area contributed by atoms with Gasteiger partial charge < -0.3 is 5.11 Å². The molecule has 0 spiro atoms. The molecular formula is C16H22O3S. The molecule has 20 heavy (non-hydrogen) atoms. The quantitative estimate of drug-likeness (QED) is 0.912. The minimum absolute atomic E-state index is 0.356. The first kappa shape index (κ1) is 14.1. The van der Waals surface area contributed by atoms with Gasteiger partial charge in [0.05, 0.1) is 16.1 Å². The fourth-order valence-electron chi connectivity index (χ4n) is 3.76. The second-order valence-electron chi connectivity index (χ2n) is 6.26. The topological polar surface area (TPSA) is 54.4 Å². The van der Waals surface area contributed by atoms with Crippen LogP contribution in [0.5, 0.6) is 0 Å². The molecule has 2 aliphatic rings. The minimum Gasteiger partial charge on any atom is -0.385 e. The Morgan fingerprint density at radius 1 is 1.25 bits per heavy atom. The molecule has 3 rings (SSSR count). The highest BCUT2D eigenvalue weighted by Gasteiger charge is 2.50. The van der Waals surface area contributed by atoms with Gasteiger partial charge in [-0.3, -0.25) is 0 Å². The number of fused-ring (bicyclic) bond motifs is 2. The van der Waals surface area contributed by atoms with Crippen LogP contribution >= 0.6 is 0 Å². The summed E-state index contributed by atoms with van der Waals surface area (Å²) in [5.74, 6) is 0. The number of hydrogen-bond acceptors (Lipinski definition) is 3. The normalized spacial score (nSPS) is 35.7. The minimum atomic E-state index is -3.02. The lowest BCUT2D eigenvalue weighted by atomic mass is 9.80. The maximum absolute atomic E-state index is 12.3. The summed E-state index contributed by atoms with van der Waals surface area (Å²) >= 11 is 0. The summed E-state index contributed by atoms with van der Waals surface area (Å²) in [6.45, 7) is 2.09. The molecule has 2 atom stereocenters. The van der Waals surface area contributed by atoms with Gasteiger partial charge in [0, 0.05) is 0 Å². The molecule has 0 aliphatic carbocycles. The zero-order chi connectivity index (χ0) is 14.4. The average molecular weight is 294 g/mol. The van der Waals surface area contributed by atoms with E-state index in [0.29, 0.717) is 25.7 Å². The van der Waals surface area contributed by atoms with E-state index >= 15 is 0 Å².